The van der Waals surface area contributed by atoms with E-state index in [1.54, 1.807) is 0 Å². The second kappa shape index (κ2) is 9.16. The fraction of sp³-hybridized carbons (Fsp3) is 0. The van der Waals surface area contributed by atoms with E-state index in [1.807, 2.05) is 0 Å². The van der Waals surface area contributed by atoms with E-state index in [0.717, 1.165) is 0 Å². The second-order valence-corrected chi connectivity index (χ2v) is 10.8. The van der Waals surface area contributed by atoms with Crippen LogP contribution in [0, 0.1) is 7.14 Å². The first kappa shape index (κ1) is 21.8. The number of fused-ring (bicyclic) bond motifs is 2. The summed E-state index contributed by atoms with van der Waals surface area (Å²) in [6.07, 6.45) is 0. The maximum Gasteiger partial charge on any atom is 0.0209 e. The van der Waals surface area contributed by atoms with Crippen molar-refractivity contribution in [2.75, 3.05) is 0 Å². The van der Waals surface area contributed by atoms with Crippen LogP contribution in [0.15, 0.2) is 121 Å². The highest BCUT2D eigenvalue weighted by molar-refractivity contribution is 14.1. The molecule has 0 unspecified atom stereocenters. The van der Waals surface area contributed by atoms with Gasteiger partial charge in [-0.15, -0.1) is 0 Å². The molecule has 0 atom stereocenters. The van der Waals surface area contributed by atoms with Crippen molar-refractivity contribution in [3.05, 3.63) is 128 Å². The molecule has 6 rings (SSSR count). The average Bonchev–Trinajstić information content (AvgIpc) is 2.89. The van der Waals surface area contributed by atoms with Crippen molar-refractivity contribution in [3.63, 3.8) is 0 Å². The van der Waals surface area contributed by atoms with Crippen molar-refractivity contribution >= 4 is 66.7 Å². The Balaban J connectivity index is 1.61. The van der Waals surface area contributed by atoms with Crippen LogP contribution in [0.3, 0.4) is 0 Å². The van der Waals surface area contributed by atoms with Crippen molar-refractivity contribution in [1.82, 2.24) is 0 Å². The summed E-state index contributed by atoms with van der Waals surface area (Å²) in [5.41, 5.74) is 7.58. The fourth-order valence-corrected chi connectivity index (χ4v) is 5.78. The number of halogens is 2. The minimum absolute atomic E-state index is 1.25. The number of hydrogen-bond acceptors (Lipinski definition) is 0. The van der Waals surface area contributed by atoms with Crippen LogP contribution >= 0.6 is 45.2 Å². The smallest absolute Gasteiger partial charge is 0.0209 e. The summed E-state index contributed by atoms with van der Waals surface area (Å²) in [5.74, 6) is 0. The summed E-state index contributed by atoms with van der Waals surface area (Å²) in [5, 5.41) is 5.13. The minimum atomic E-state index is 1.25. The average molecular weight is 658 g/mol. The lowest BCUT2D eigenvalue weighted by atomic mass is 9.88. The Labute approximate surface area is 226 Å². The van der Waals surface area contributed by atoms with Gasteiger partial charge in [0.1, 0.15) is 0 Å². The minimum Gasteiger partial charge on any atom is -0.0622 e. The molecule has 0 saturated carbocycles. The van der Waals surface area contributed by atoms with Gasteiger partial charge in [0.05, 0.1) is 0 Å². The van der Waals surface area contributed by atoms with Gasteiger partial charge in [0.15, 0.2) is 0 Å². The normalized spacial score (nSPS) is 11.2. The fourth-order valence-electron chi connectivity index (χ4n) is 4.79. The molecule has 0 aliphatic heterocycles. The quantitative estimate of drug-likeness (QED) is 0.166. The molecule has 0 bridgehead atoms. The van der Waals surface area contributed by atoms with E-state index in [-0.39, 0.29) is 0 Å². The predicted molar refractivity (Wildman–Crippen MR) is 163 cm³/mol. The van der Waals surface area contributed by atoms with E-state index in [2.05, 4.69) is 167 Å². The van der Waals surface area contributed by atoms with Crippen LogP contribution in [0.2, 0.25) is 0 Å². The SMILES string of the molecule is Ic1ccc(-c2c(-c3ccc4c(-c5ccccc5)ccc(I)c4c3)ccc3ccccc23)cc1. The van der Waals surface area contributed by atoms with Gasteiger partial charge in [-0.25, -0.2) is 0 Å². The third-order valence-electron chi connectivity index (χ3n) is 6.42. The van der Waals surface area contributed by atoms with E-state index in [0.29, 0.717) is 0 Å². The highest BCUT2D eigenvalue weighted by atomic mass is 127. The zero-order valence-corrected chi connectivity index (χ0v) is 22.6. The van der Waals surface area contributed by atoms with Gasteiger partial charge in [-0.1, -0.05) is 97.1 Å². The third-order valence-corrected chi connectivity index (χ3v) is 8.08. The van der Waals surface area contributed by atoms with Gasteiger partial charge in [0, 0.05) is 7.14 Å². The first-order valence-corrected chi connectivity index (χ1v) is 13.4. The van der Waals surface area contributed by atoms with Crippen LogP contribution in [0.4, 0.5) is 0 Å². The van der Waals surface area contributed by atoms with E-state index in [1.165, 1.54) is 62.1 Å². The molecule has 0 saturated heterocycles. The molecule has 0 spiro atoms. The molecule has 0 heterocycles. The van der Waals surface area contributed by atoms with E-state index < -0.39 is 0 Å². The van der Waals surface area contributed by atoms with Crippen molar-refractivity contribution in [2.24, 2.45) is 0 Å². The van der Waals surface area contributed by atoms with Gasteiger partial charge in [0.25, 0.3) is 0 Å². The summed E-state index contributed by atoms with van der Waals surface area (Å²) >= 11 is 4.84. The molecule has 0 aromatic heterocycles. The van der Waals surface area contributed by atoms with Crippen molar-refractivity contribution in [3.8, 4) is 33.4 Å². The van der Waals surface area contributed by atoms with Gasteiger partial charge >= 0.3 is 0 Å². The lowest BCUT2D eigenvalue weighted by Crippen LogP contribution is -1.90. The zero-order valence-electron chi connectivity index (χ0n) is 18.3. The monoisotopic (exact) mass is 658 g/mol. The van der Waals surface area contributed by atoms with Crippen LogP contribution < -0.4 is 0 Å². The van der Waals surface area contributed by atoms with Gasteiger partial charge in [-0.2, -0.15) is 0 Å². The molecule has 0 N–H and O–H groups in total. The molecule has 0 aliphatic rings. The molecule has 34 heavy (non-hydrogen) atoms. The summed E-state index contributed by atoms with van der Waals surface area (Å²) in [7, 11) is 0. The first-order valence-electron chi connectivity index (χ1n) is 11.2. The summed E-state index contributed by atoms with van der Waals surface area (Å²) in [6.45, 7) is 0. The highest BCUT2D eigenvalue weighted by Gasteiger charge is 2.14. The van der Waals surface area contributed by atoms with Crippen LogP contribution in [0.25, 0.3) is 54.9 Å². The molecule has 0 fully saturated rings. The van der Waals surface area contributed by atoms with Gasteiger partial charge in [0.2, 0.25) is 0 Å². The van der Waals surface area contributed by atoms with Gasteiger partial charge in [-0.3, -0.25) is 0 Å². The molecule has 0 aliphatic carbocycles. The van der Waals surface area contributed by atoms with E-state index in [4.69, 9.17) is 0 Å². The molecular formula is C32H20I2. The Morgan fingerprint density at radius 1 is 0.412 bits per heavy atom. The Morgan fingerprint density at radius 2 is 1.12 bits per heavy atom. The second-order valence-electron chi connectivity index (χ2n) is 8.44. The van der Waals surface area contributed by atoms with E-state index >= 15 is 0 Å². The molecule has 6 aromatic carbocycles. The molecule has 0 nitrogen and oxygen atoms in total. The van der Waals surface area contributed by atoms with Crippen molar-refractivity contribution in [1.29, 1.82) is 0 Å². The highest BCUT2D eigenvalue weighted by Crippen LogP contribution is 2.41. The van der Waals surface area contributed by atoms with E-state index in [9.17, 15) is 0 Å². The molecular weight excluding hydrogens is 638 g/mol. The maximum atomic E-state index is 2.47. The molecule has 162 valence electrons. The third kappa shape index (κ3) is 3.93. The summed E-state index contributed by atoms with van der Waals surface area (Å²) in [4.78, 5) is 0. The number of rotatable bonds is 3. The summed E-state index contributed by atoms with van der Waals surface area (Å²) < 4.78 is 2.52. The molecule has 0 amide bonds. The predicted octanol–water partition coefficient (Wildman–Crippen LogP) is 10.2. The van der Waals surface area contributed by atoms with Crippen molar-refractivity contribution in [2.45, 2.75) is 0 Å². The molecule has 0 radical (unpaired) electrons. The lowest BCUT2D eigenvalue weighted by molar-refractivity contribution is 1.59. The maximum absolute atomic E-state index is 2.47. The Hall–Kier alpha value is -2.70. The Morgan fingerprint density at radius 3 is 1.94 bits per heavy atom. The lowest BCUT2D eigenvalue weighted by Gasteiger charge is -2.16. The van der Waals surface area contributed by atoms with Gasteiger partial charge < -0.3 is 0 Å². The van der Waals surface area contributed by atoms with Gasteiger partial charge in [-0.05, 0) is 124 Å². The van der Waals surface area contributed by atoms with Crippen LogP contribution in [-0.2, 0) is 0 Å². The van der Waals surface area contributed by atoms with Crippen LogP contribution in [-0.4, -0.2) is 0 Å². The Kier molecular flexibility index (Phi) is 5.87. The number of benzene rings is 6. The first-order chi connectivity index (χ1) is 16.7. The Bertz CT molecular complexity index is 1650. The number of hydrogen-bond donors (Lipinski definition) is 0. The molecule has 2 heteroatoms. The zero-order chi connectivity index (χ0) is 23.1. The largest absolute Gasteiger partial charge is 0.0622 e. The van der Waals surface area contributed by atoms with Crippen LogP contribution in [0.1, 0.15) is 0 Å². The standard InChI is InChI=1S/C32H20I2/c33-25-14-10-23(11-15-25)32-27-9-5-4-8-22(27)12-16-28(32)24-13-17-29-26(21-6-2-1-3-7-21)18-19-31(34)30(29)20-24/h1-20H. The topological polar surface area (TPSA) is 0 Å². The summed E-state index contributed by atoms with van der Waals surface area (Å²) in [6, 6.07) is 44.2. The van der Waals surface area contributed by atoms with Crippen molar-refractivity contribution < 1.29 is 0 Å². The van der Waals surface area contributed by atoms with Crippen LogP contribution in [0.5, 0.6) is 0 Å². The molecule has 6 aromatic rings.